The Balaban J connectivity index is 1.33. The number of aromatic nitrogens is 4. The third-order valence-corrected chi connectivity index (χ3v) is 6.31. The molecule has 2 fully saturated rings. The van der Waals surface area contributed by atoms with E-state index in [0.29, 0.717) is 6.04 Å². The van der Waals surface area contributed by atoms with Crippen LogP contribution in [0.15, 0.2) is 18.7 Å². The van der Waals surface area contributed by atoms with Gasteiger partial charge in [0.25, 0.3) is 0 Å². The largest absolute Gasteiger partial charge is 0.354 e. The maximum atomic E-state index is 12.2. The van der Waals surface area contributed by atoms with Gasteiger partial charge < -0.3 is 9.80 Å². The monoisotopic (exact) mass is 381 g/mol. The first-order valence-corrected chi connectivity index (χ1v) is 10.3. The molecule has 0 saturated carbocycles. The lowest BCUT2D eigenvalue weighted by molar-refractivity contribution is 0.229. The highest BCUT2D eigenvalue weighted by molar-refractivity contribution is 5.93. The van der Waals surface area contributed by atoms with Crippen LogP contribution in [0.3, 0.4) is 0 Å². The maximum Gasteiger partial charge on any atom is 0.324 e. The van der Waals surface area contributed by atoms with Gasteiger partial charge in [-0.2, -0.15) is 5.10 Å². The molecular weight excluding hydrogens is 354 g/mol. The van der Waals surface area contributed by atoms with Crippen molar-refractivity contribution in [2.75, 3.05) is 43.0 Å². The molecule has 4 heterocycles. The van der Waals surface area contributed by atoms with Crippen LogP contribution >= 0.6 is 0 Å². The minimum atomic E-state index is 0.0521. The Kier molecular flexibility index (Phi) is 4.41. The van der Waals surface area contributed by atoms with Gasteiger partial charge in [0.15, 0.2) is 0 Å². The number of amides is 2. The molecule has 2 aromatic heterocycles. The molecule has 2 amide bonds. The highest BCUT2D eigenvalue weighted by Gasteiger charge is 2.31. The fraction of sp³-hybridized carbons (Fsp3) is 0.600. The second-order valence-electron chi connectivity index (χ2n) is 8.11. The zero-order valence-electron chi connectivity index (χ0n) is 16.4. The van der Waals surface area contributed by atoms with Crippen molar-refractivity contribution >= 4 is 17.5 Å². The highest BCUT2D eigenvalue weighted by Crippen LogP contribution is 2.32. The Morgan fingerprint density at radius 3 is 2.82 bits per heavy atom. The highest BCUT2D eigenvalue weighted by atomic mass is 16.2. The number of hydrogen-bond donors (Lipinski definition) is 0. The van der Waals surface area contributed by atoms with E-state index in [1.54, 1.807) is 16.1 Å². The summed E-state index contributed by atoms with van der Waals surface area (Å²) >= 11 is 0. The molecule has 1 aliphatic carbocycles. The molecule has 0 aromatic carbocycles. The van der Waals surface area contributed by atoms with Gasteiger partial charge in [-0.05, 0) is 32.1 Å². The second-order valence-corrected chi connectivity index (χ2v) is 8.11. The molecule has 0 bridgehead atoms. The number of aryl methyl sites for hydroxylation is 1. The SMILES string of the molecule is CN1CCN(c2cnn(C3CCN(c4ncnc5c4CCCCC5)C3)c2)C1=O. The van der Waals surface area contributed by atoms with Gasteiger partial charge in [-0.15, -0.1) is 0 Å². The van der Waals surface area contributed by atoms with E-state index in [0.717, 1.165) is 56.9 Å². The maximum absolute atomic E-state index is 12.2. The molecule has 28 heavy (non-hydrogen) atoms. The minimum Gasteiger partial charge on any atom is -0.354 e. The fourth-order valence-electron chi connectivity index (χ4n) is 4.66. The topological polar surface area (TPSA) is 70.4 Å². The van der Waals surface area contributed by atoms with Crippen LogP contribution in [0.4, 0.5) is 16.3 Å². The van der Waals surface area contributed by atoms with Crippen molar-refractivity contribution in [2.45, 2.75) is 44.6 Å². The van der Waals surface area contributed by atoms with Crippen molar-refractivity contribution in [3.63, 3.8) is 0 Å². The molecule has 1 atom stereocenters. The zero-order chi connectivity index (χ0) is 19.1. The van der Waals surface area contributed by atoms with Crippen molar-refractivity contribution in [2.24, 2.45) is 0 Å². The number of carbonyl (C=O) groups excluding carboxylic acids is 1. The van der Waals surface area contributed by atoms with E-state index in [9.17, 15) is 4.79 Å². The number of anilines is 2. The van der Waals surface area contributed by atoms with E-state index in [-0.39, 0.29) is 6.03 Å². The molecule has 0 radical (unpaired) electrons. The lowest BCUT2D eigenvalue weighted by atomic mass is 10.1. The van der Waals surface area contributed by atoms with Crippen LogP contribution in [0.1, 0.15) is 43.0 Å². The van der Waals surface area contributed by atoms with Gasteiger partial charge in [-0.1, -0.05) is 6.42 Å². The molecule has 8 nitrogen and oxygen atoms in total. The van der Waals surface area contributed by atoms with Gasteiger partial charge in [0.1, 0.15) is 12.1 Å². The van der Waals surface area contributed by atoms with E-state index < -0.39 is 0 Å². The molecule has 2 saturated heterocycles. The molecule has 1 unspecified atom stereocenters. The van der Waals surface area contributed by atoms with Gasteiger partial charge in [0, 0.05) is 50.7 Å². The Bertz CT molecular complexity index is 879. The van der Waals surface area contributed by atoms with Crippen molar-refractivity contribution in [1.29, 1.82) is 0 Å². The number of hydrogen-bond acceptors (Lipinski definition) is 5. The van der Waals surface area contributed by atoms with Crippen LogP contribution < -0.4 is 9.80 Å². The summed E-state index contributed by atoms with van der Waals surface area (Å²) in [5, 5.41) is 4.58. The summed E-state index contributed by atoms with van der Waals surface area (Å²) in [6, 6.07) is 0.358. The number of nitrogens with zero attached hydrogens (tertiary/aromatic N) is 7. The number of likely N-dealkylation sites (N-methyl/N-ethyl adjacent to an activating group) is 1. The average molecular weight is 381 g/mol. The molecule has 0 N–H and O–H groups in total. The molecule has 3 aliphatic rings. The number of fused-ring (bicyclic) bond motifs is 1. The van der Waals surface area contributed by atoms with Crippen molar-refractivity contribution in [3.05, 3.63) is 30.0 Å². The first kappa shape index (κ1) is 17.5. The molecule has 0 spiro atoms. The molecule has 148 valence electrons. The zero-order valence-corrected chi connectivity index (χ0v) is 16.4. The minimum absolute atomic E-state index is 0.0521. The Hall–Kier alpha value is -2.64. The van der Waals surface area contributed by atoms with Crippen LogP contribution in [0.25, 0.3) is 0 Å². The van der Waals surface area contributed by atoms with Gasteiger partial charge in [0.05, 0.1) is 17.9 Å². The average Bonchev–Trinajstić information content (AvgIpc) is 3.39. The third-order valence-electron chi connectivity index (χ3n) is 6.31. The summed E-state index contributed by atoms with van der Waals surface area (Å²) in [5.74, 6) is 1.12. The fourth-order valence-corrected chi connectivity index (χ4v) is 4.66. The van der Waals surface area contributed by atoms with Gasteiger partial charge in [-0.25, -0.2) is 14.8 Å². The van der Waals surface area contributed by atoms with Crippen molar-refractivity contribution in [3.8, 4) is 0 Å². The van der Waals surface area contributed by atoms with E-state index in [2.05, 4.69) is 20.0 Å². The first-order valence-electron chi connectivity index (χ1n) is 10.3. The molecule has 5 rings (SSSR count). The summed E-state index contributed by atoms with van der Waals surface area (Å²) in [5.41, 5.74) is 3.49. The summed E-state index contributed by atoms with van der Waals surface area (Å²) in [4.78, 5) is 27.4. The third kappa shape index (κ3) is 3.00. The quantitative estimate of drug-likeness (QED) is 0.763. The normalized spacial score (nSPS) is 22.7. The van der Waals surface area contributed by atoms with Crippen LogP contribution in [-0.2, 0) is 12.8 Å². The Morgan fingerprint density at radius 1 is 1.07 bits per heavy atom. The molecular formula is C20H27N7O. The Labute approximate surface area is 165 Å². The number of carbonyl (C=O) groups is 1. The van der Waals surface area contributed by atoms with Crippen molar-refractivity contribution < 1.29 is 4.79 Å². The van der Waals surface area contributed by atoms with Crippen LogP contribution in [-0.4, -0.2) is 63.9 Å². The standard InChI is InChI=1S/C20H27N7O/c1-24-9-10-26(20(24)28)16-11-23-27(13-16)15-7-8-25(12-15)19-17-5-3-2-4-6-18(17)21-14-22-19/h11,13-15H,2-10,12H2,1H3. The first-order chi connectivity index (χ1) is 13.7. The van der Waals surface area contributed by atoms with Gasteiger partial charge in [-0.3, -0.25) is 9.58 Å². The molecule has 2 aromatic rings. The smallest absolute Gasteiger partial charge is 0.324 e. The second kappa shape index (κ2) is 7.07. The number of urea groups is 1. The summed E-state index contributed by atoms with van der Waals surface area (Å²) in [6.07, 6.45) is 12.5. The van der Waals surface area contributed by atoms with Gasteiger partial charge >= 0.3 is 6.03 Å². The Morgan fingerprint density at radius 2 is 1.96 bits per heavy atom. The predicted molar refractivity (Wildman–Crippen MR) is 107 cm³/mol. The van der Waals surface area contributed by atoms with Crippen LogP contribution in [0.2, 0.25) is 0 Å². The van der Waals surface area contributed by atoms with Gasteiger partial charge in [0.2, 0.25) is 0 Å². The lowest BCUT2D eigenvalue weighted by Gasteiger charge is -2.21. The van der Waals surface area contributed by atoms with Crippen molar-refractivity contribution in [1.82, 2.24) is 24.6 Å². The van der Waals surface area contributed by atoms with E-state index in [4.69, 9.17) is 0 Å². The lowest BCUT2D eigenvalue weighted by Crippen LogP contribution is -2.28. The molecule has 2 aliphatic heterocycles. The van der Waals surface area contributed by atoms with E-state index >= 15 is 0 Å². The van der Waals surface area contributed by atoms with Crippen LogP contribution in [0, 0.1) is 0 Å². The summed E-state index contributed by atoms with van der Waals surface area (Å²) < 4.78 is 2.03. The molecule has 8 heteroatoms. The summed E-state index contributed by atoms with van der Waals surface area (Å²) in [6.45, 7) is 3.37. The summed E-state index contributed by atoms with van der Waals surface area (Å²) in [7, 11) is 1.84. The van der Waals surface area contributed by atoms with E-state index in [1.165, 1.54) is 30.5 Å². The predicted octanol–water partition coefficient (Wildman–Crippen LogP) is 2.27. The van der Waals surface area contributed by atoms with Crippen LogP contribution in [0.5, 0.6) is 0 Å². The van der Waals surface area contributed by atoms with E-state index in [1.807, 2.05) is 24.1 Å². The number of rotatable bonds is 3.